The van der Waals surface area contributed by atoms with Crippen molar-refractivity contribution in [3.63, 3.8) is 0 Å². The van der Waals surface area contributed by atoms with Gasteiger partial charge in [-0.2, -0.15) is 0 Å². The predicted molar refractivity (Wildman–Crippen MR) is 53.2 cm³/mol. The zero-order chi connectivity index (χ0) is 10.1. The van der Waals surface area contributed by atoms with Crippen molar-refractivity contribution in [2.45, 2.75) is 18.4 Å². The van der Waals surface area contributed by atoms with Crippen LogP contribution in [0.4, 0.5) is 0 Å². The van der Waals surface area contributed by atoms with E-state index < -0.39 is 10.0 Å². The average Bonchev–Trinajstić information content (AvgIpc) is 2.31. The van der Waals surface area contributed by atoms with Crippen LogP contribution in [0.1, 0.15) is 10.4 Å². The van der Waals surface area contributed by atoms with Crippen LogP contribution >= 0.6 is 11.3 Å². The molecular formula is C7H12N2O2S2. The molecule has 0 saturated heterocycles. The van der Waals surface area contributed by atoms with E-state index in [-0.39, 0.29) is 4.90 Å². The van der Waals surface area contributed by atoms with Gasteiger partial charge in [-0.05, 0) is 24.9 Å². The highest BCUT2D eigenvalue weighted by atomic mass is 32.2. The smallest absolute Gasteiger partial charge is 0.239 e. The van der Waals surface area contributed by atoms with Crippen LogP contribution in [0.2, 0.25) is 0 Å². The number of nitrogens with two attached hydrogens (primary N) is 1. The molecule has 0 spiro atoms. The van der Waals surface area contributed by atoms with Crippen LogP contribution in [0.3, 0.4) is 0 Å². The molecule has 1 heterocycles. The van der Waals surface area contributed by atoms with Crippen molar-refractivity contribution in [1.29, 1.82) is 0 Å². The van der Waals surface area contributed by atoms with Gasteiger partial charge in [0.2, 0.25) is 10.0 Å². The molecule has 0 aliphatic heterocycles. The minimum atomic E-state index is -3.57. The topological polar surface area (TPSA) is 72.2 Å². The third kappa shape index (κ3) is 2.28. The van der Waals surface area contributed by atoms with Crippen LogP contribution < -0.4 is 10.5 Å². The van der Waals surface area contributed by atoms with E-state index in [4.69, 9.17) is 5.14 Å². The number of hydrogen-bond donors (Lipinski definition) is 2. The van der Waals surface area contributed by atoms with Gasteiger partial charge in [0.1, 0.15) is 0 Å². The molecule has 0 unspecified atom stereocenters. The standard InChI is InChI=1S/C7H12N2O2S2/c1-5-4-12-6(3-9-2)7(5)13(8,10)11/h4,9H,3H2,1-2H3,(H2,8,10,11). The maximum Gasteiger partial charge on any atom is 0.239 e. The van der Waals surface area contributed by atoms with Gasteiger partial charge < -0.3 is 5.32 Å². The molecule has 74 valence electrons. The Hall–Kier alpha value is -0.430. The molecule has 1 aromatic heterocycles. The zero-order valence-electron chi connectivity index (χ0n) is 7.49. The van der Waals surface area contributed by atoms with Gasteiger partial charge in [-0.3, -0.25) is 0 Å². The number of rotatable bonds is 3. The SMILES string of the molecule is CNCc1scc(C)c1S(N)(=O)=O. The fourth-order valence-corrected chi connectivity index (χ4v) is 3.55. The van der Waals surface area contributed by atoms with Crippen molar-refractivity contribution in [1.82, 2.24) is 5.32 Å². The summed E-state index contributed by atoms with van der Waals surface area (Å²) in [7, 11) is -1.81. The average molecular weight is 220 g/mol. The van der Waals surface area contributed by atoms with E-state index in [9.17, 15) is 8.42 Å². The molecule has 4 nitrogen and oxygen atoms in total. The first-order chi connectivity index (χ1) is 5.96. The van der Waals surface area contributed by atoms with Crippen molar-refractivity contribution >= 4 is 21.4 Å². The van der Waals surface area contributed by atoms with Gasteiger partial charge in [0.25, 0.3) is 0 Å². The first-order valence-electron chi connectivity index (χ1n) is 3.71. The third-order valence-electron chi connectivity index (χ3n) is 1.61. The Morgan fingerprint density at radius 1 is 1.62 bits per heavy atom. The normalized spacial score (nSPS) is 11.9. The number of nitrogens with one attached hydrogen (secondary N) is 1. The molecule has 0 amide bonds. The monoisotopic (exact) mass is 220 g/mol. The first kappa shape index (κ1) is 10.6. The molecule has 0 atom stereocenters. The lowest BCUT2D eigenvalue weighted by atomic mass is 10.3. The molecule has 1 rings (SSSR count). The highest BCUT2D eigenvalue weighted by molar-refractivity contribution is 7.89. The van der Waals surface area contributed by atoms with Crippen LogP contribution in [0.5, 0.6) is 0 Å². The maximum atomic E-state index is 11.2. The molecule has 13 heavy (non-hydrogen) atoms. The van der Waals surface area contributed by atoms with E-state index in [2.05, 4.69) is 5.32 Å². The van der Waals surface area contributed by atoms with E-state index in [0.717, 1.165) is 10.4 Å². The number of aryl methyl sites for hydroxylation is 1. The summed E-state index contributed by atoms with van der Waals surface area (Å²) in [4.78, 5) is 1.04. The van der Waals surface area contributed by atoms with Crippen LogP contribution in [-0.2, 0) is 16.6 Å². The Bertz CT molecular complexity index is 395. The molecule has 1 aromatic rings. The molecule has 0 aromatic carbocycles. The second kappa shape index (κ2) is 3.75. The number of thiophene rings is 1. The minimum Gasteiger partial charge on any atom is -0.315 e. The van der Waals surface area contributed by atoms with E-state index in [1.165, 1.54) is 11.3 Å². The van der Waals surface area contributed by atoms with Gasteiger partial charge in [-0.25, -0.2) is 13.6 Å². The summed E-state index contributed by atoms with van der Waals surface area (Å²) in [5.41, 5.74) is 0.720. The van der Waals surface area contributed by atoms with Gasteiger partial charge in [-0.1, -0.05) is 0 Å². The Labute approximate surface area is 81.8 Å². The molecule has 0 fully saturated rings. The second-order valence-corrected chi connectivity index (χ2v) is 5.21. The molecule has 0 aliphatic carbocycles. The molecular weight excluding hydrogens is 208 g/mol. The van der Waals surface area contributed by atoms with Crippen molar-refractivity contribution in [3.05, 3.63) is 15.8 Å². The predicted octanol–water partition coefficient (Wildman–Crippen LogP) is 0.423. The van der Waals surface area contributed by atoms with Gasteiger partial charge in [-0.15, -0.1) is 11.3 Å². The zero-order valence-corrected chi connectivity index (χ0v) is 9.13. The Morgan fingerprint density at radius 3 is 2.69 bits per heavy atom. The van der Waals surface area contributed by atoms with E-state index >= 15 is 0 Å². The quantitative estimate of drug-likeness (QED) is 0.775. The first-order valence-corrected chi connectivity index (χ1v) is 6.13. The van der Waals surface area contributed by atoms with E-state index in [1.807, 2.05) is 0 Å². The lowest BCUT2D eigenvalue weighted by Gasteiger charge is -2.01. The molecule has 6 heteroatoms. The summed E-state index contributed by atoms with van der Waals surface area (Å²) in [6, 6.07) is 0. The molecule has 0 saturated carbocycles. The fourth-order valence-electron chi connectivity index (χ4n) is 1.15. The lowest BCUT2D eigenvalue weighted by molar-refractivity contribution is 0.596. The van der Waals surface area contributed by atoms with Crippen LogP contribution in [-0.4, -0.2) is 15.5 Å². The summed E-state index contributed by atoms with van der Waals surface area (Å²) < 4.78 is 22.3. The van der Waals surface area contributed by atoms with Crippen LogP contribution in [0, 0.1) is 6.92 Å². The Kier molecular flexibility index (Phi) is 3.07. The minimum absolute atomic E-state index is 0.270. The molecule has 0 aliphatic rings. The van der Waals surface area contributed by atoms with Gasteiger partial charge >= 0.3 is 0 Å². The largest absolute Gasteiger partial charge is 0.315 e. The third-order valence-corrected chi connectivity index (χ3v) is 3.98. The molecule has 3 N–H and O–H groups in total. The Balaban J connectivity index is 3.25. The molecule has 0 radical (unpaired) electrons. The van der Waals surface area contributed by atoms with Crippen LogP contribution in [0.25, 0.3) is 0 Å². The Morgan fingerprint density at radius 2 is 2.23 bits per heavy atom. The van der Waals surface area contributed by atoms with Gasteiger partial charge in [0, 0.05) is 11.4 Å². The summed E-state index contributed by atoms with van der Waals surface area (Å²) in [6.07, 6.45) is 0. The van der Waals surface area contributed by atoms with Crippen LogP contribution in [0.15, 0.2) is 10.3 Å². The van der Waals surface area contributed by atoms with Crippen molar-refractivity contribution in [2.24, 2.45) is 5.14 Å². The van der Waals surface area contributed by atoms with E-state index in [0.29, 0.717) is 6.54 Å². The summed E-state index contributed by atoms with van der Waals surface area (Å²) in [5.74, 6) is 0. The number of hydrogen-bond acceptors (Lipinski definition) is 4. The second-order valence-electron chi connectivity index (χ2n) is 2.75. The van der Waals surface area contributed by atoms with Gasteiger partial charge in [0.05, 0.1) is 4.90 Å². The lowest BCUT2D eigenvalue weighted by Crippen LogP contribution is -2.16. The summed E-state index contributed by atoms with van der Waals surface area (Å²) in [5, 5.41) is 9.78. The summed E-state index contributed by atoms with van der Waals surface area (Å²) in [6.45, 7) is 2.28. The van der Waals surface area contributed by atoms with Crippen molar-refractivity contribution in [3.8, 4) is 0 Å². The highest BCUT2D eigenvalue weighted by Gasteiger charge is 2.18. The number of primary sulfonamides is 1. The van der Waals surface area contributed by atoms with E-state index in [1.54, 1.807) is 19.4 Å². The van der Waals surface area contributed by atoms with Crippen molar-refractivity contribution < 1.29 is 8.42 Å². The maximum absolute atomic E-state index is 11.2. The highest BCUT2D eigenvalue weighted by Crippen LogP contribution is 2.25. The number of sulfonamides is 1. The fraction of sp³-hybridized carbons (Fsp3) is 0.429. The molecule has 0 bridgehead atoms. The van der Waals surface area contributed by atoms with Crippen molar-refractivity contribution in [2.75, 3.05) is 7.05 Å². The summed E-state index contributed by atoms with van der Waals surface area (Å²) >= 11 is 1.41. The van der Waals surface area contributed by atoms with Gasteiger partial charge in [0.15, 0.2) is 0 Å².